The number of carbonyl (C=O) groups excluding carboxylic acids is 5. The lowest BCUT2D eigenvalue weighted by atomic mass is 9.95. The molecule has 4 unspecified atom stereocenters. The van der Waals surface area contributed by atoms with Crippen molar-refractivity contribution in [2.24, 2.45) is 29.1 Å². The number of hydrogen-bond acceptors (Lipinski definition) is 7. The third kappa shape index (κ3) is 9.66. The molecule has 1 spiro atoms. The lowest BCUT2D eigenvalue weighted by Crippen LogP contribution is -2.42. The molecule has 4 atom stereocenters. The molecular weight excluding hydrogens is 516 g/mol. The van der Waals surface area contributed by atoms with Gasteiger partial charge in [-0.2, -0.15) is 0 Å². The van der Waals surface area contributed by atoms with E-state index in [1.807, 2.05) is 4.90 Å². The molecule has 11 heteroatoms. The number of carbonyl (C=O) groups is 5. The maximum Gasteiger partial charge on any atom is 0.408 e. The lowest BCUT2D eigenvalue weighted by Gasteiger charge is -2.23. The zero-order valence-electron chi connectivity index (χ0n) is 25.7. The molecule has 2 saturated carbocycles. The molecule has 2 saturated heterocycles. The van der Waals surface area contributed by atoms with Crippen LogP contribution in [0.25, 0.3) is 0 Å². The van der Waals surface area contributed by atoms with Crippen LogP contribution in [0.2, 0.25) is 0 Å². The molecule has 0 radical (unpaired) electrons. The summed E-state index contributed by atoms with van der Waals surface area (Å²) in [6, 6.07) is -0.734. The summed E-state index contributed by atoms with van der Waals surface area (Å²) in [4.78, 5) is 58.8. The minimum atomic E-state index is -0.734. The van der Waals surface area contributed by atoms with Crippen LogP contribution in [0.15, 0.2) is 0 Å². The Balaban J connectivity index is 0.000000249. The van der Waals surface area contributed by atoms with E-state index < -0.39 is 23.7 Å². The monoisotopic (exact) mass is 566 g/mol. The van der Waals surface area contributed by atoms with Crippen LogP contribution in [0.3, 0.4) is 0 Å². The first-order chi connectivity index (χ1) is 18.4. The summed E-state index contributed by atoms with van der Waals surface area (Å²) >= 11 is 0. The number of amides is 4. The molecule has 4 fully saturated rings. The van der Waals surface area contributed by atoms with Crippen molar-refractivity contribution >= 4 is 30.3 Å². The summed E-state index contributed by atoms with van der Waals surface area (Å²) in [5.74, 6) is 1.34. The molecular formula is C29H50N4O7. The molecule has 4 amide bonds. The van der Waals surface area contributed by atoms with Crippen molar-refractivity contribution in [3.8, 4) is 0 Å². The number of piperidine rings is 1. The Kier molecular flexibility index (Phi) is 11.0. The van der Waals surface area contributed by atoms with Crippen LogP contribution in [0.4, 0.5) is 4.79 Å². The van der Waals surface area contributed by atoms with Crippen molar-refractivity contribution in [1.82, 2.24) is 20.9 Å². The van der Waals surface area contributed by atoms with Gasteiger partial charge >= 0.3 is 12.1 Å². The largest absolute Gasteiger partial charge is 0.467 e. The Morgan fingerprint density at radius 3 is 2.10 bits per heavy atom. The van der Waals surface area contributed by atoms with Gasteiger partial charge in [0.15, 0.2) is 0 Å². The molecule has 3 N–H and O–H groups in total. The SMILES string of the molecule is CC(C)(C)OC(=O)NCC(=O)N1CC2C(C1)C2(C)C.CC(C)C.COC(=O)C(CC1CC2(CC2)NC1=O)NC=O. The summed E-state index contributed by atoms with van der Waals surface area (Å²) in [6.07, 6.45) is 3.00. The van der Waals surface area contributed by atoms with E-state index in [0.29, 0.717) is 30.1 Å². The third-order valence-corrected chi connectivity index (χ3v) is 7.78. The van der Waals surface area contributed by atoms with Gasteiger partial charge in [0.1, 0.15) is 18.2 Å². The predicted molar refractivity (Wildman–Crippen MR) is 150 cm³/mol. The van der Waals surface area contributed by atoms with Crippen LogP contribution in [0.5, 0.6) is 0 Å². The second-order valence-electron chi connectivity index (χ2n) is 13.7. The zero-order chi connectivity index (χ0) is 30.5. The van der Waals surface area contributed by atoms with E-state index in [2.05, 4.69) is 55.3 Å². The summed E-state index contributed by atoms with van der Waals surface area (Å²) < 4.78 is 9.68. The normalized spacial score (nSPS) is 25.2. The van der Waals surface area contributed by atoms with E-state index in [-0.39, 0.29) is 29.8 Å². The second-order valence-corrected chi connectivity index (χ2v) is 13.7. The van der Waals surface area contributed by atoms with Gasteiger partial charge in [-0.15, -0.1) is 0 Å². The molecule has 0 aromatic heterocycles. The van der Waals surface area contributed by atoms with Crippen molar-refractivity contribution in [3.05, 3.63) is 0 Å². The minimum Gasteiger partial charge on any atom is -0.467 e. The fourth-order valence-electron chi connectivity index (χ4n) is 5.30. The molecule has 0 aromatic rings. The summed E-state index contributed by atoms with van der Waals surface area (Å²) in [5, 5.41) is 7.86. The molecule has 228 valence electrons. The summed E-state index contributed by atoms with van der Waals surface area (Å²) in [5.41, 5.74) is -0.147. The van der Waals surface area contributed by atoms with E-state index in [0.717, 1.165) is 38.3 Å². The fraction of sp³-hybridized carbons (Fsp3) is 0.828. The van der Waals surface area contributed by atoms with Crippen molar-refractivity contribution in [3.63, 3.8) is 0 Å². The molecule has 0 aromatic carbocycles. The van der Waals surface area contributed by atoms with E-state index >= 15 is 0 Å². The van der Waals surface area contributed by atoms with Gasteiger partial charge in [0.05, 0.1) is 7.11 Å². The quantitative estimate of drug-likeness (QED) is 0.318. The number of likely N-dealkylation sites (tertiary alicyclic amines) is 1. The number of esters is 1. The van der Waals surface area contributed by atoms with Gasteiger partial charge in [-0.3, -0.25) is 14.4 Å². The minimum absolute atomic E-state index is 0.0103. The fourth-order valence-corrected chi connectivity index (χ4v) is 5.30. The number of fused-ring (bicyclic) bond motifs is 1. The maximum absolute atomic E-state index is 11.9. The third-order valence-electron chi connectivity index (χ3n) is 7.78. The molecule has 11 nitrogen and oxygen atoms in total. The molecule has 2 aliphatic carbocycles. The number of alkyl carbamates (subject to hydrolysis) is 1. The van der Waals surface area contributed by atoms with Crippen molar-refractivity contribution in [2.75, 3.05) is 26.7 Å². The topological polar surface area (TPSA) is 143 Å². The molecule has 4 rings (SSSR count). The van der Waals surface area contributed by atoms with E-state index in [1.165, 1.54) is 7.11 Å². The van der Waals surface area contributed by atoms with Crippen LogP contribution in [0, 0.1) is 29.1 Å². The Morgan fingerprint density at radius 1 is 1.12 bits per heavy atom. The van der Waals surface area contributed by atoms with Crippen LogP contribution in [-0.2, 0) is 28.7 Å². The van der Waals surface area contributed by atoms with Crippen molar-refractivity contribution in [2.45, 2.75) is 98.3 Å². The zero-order valence-corrected chi connectivity index (χ0v) is 25.7. The van der Waals surface area contributed by atoms with Crippen molar-refractivity contribution < 1.29 is 33.4 Å². The van der Waals surface area contributed by atoms with Gasteiger partial charge in [-0.05, 0) is 69.6 Å². The summed E-state index contributed by atoms with van der Waals surface area (Å²) in [6.45, 7) is 18.1. The highest BCUT2D eigenvalue weighted by molar-refractivity contribution is 5.85. The second kappa shape index (κ2) is 13.2. The van der Waals surface area contributed by atoms with E-state index in [9.17, 15) is 24.0 Å². The smallest absolute Gasteiger partial charge is 0.408 e. The first-order valence-corrected chi connectivity index (χ1v) is 14.3. The van der Waals surface area contributed by atoms with Gasteiger partial charge in [0.2, 0.25) is 18.2 Å². The van der Waals surface area contributed by atoms with Crippen LogP contribution < -0.4 is 16.0 Å². The van der Waals surface area contributed by atoms with Crippen molar-refractivity contribution in [1.29, 1.82) is 0 Å². The van der Waals surface area contributed by atoms with Crippen LogP contribution in [-0.4, -0.2) is 79.1 Å². The van der Waals surface area contributed by atoms with Crippen LogP contribution in [0.1, 0.15) is 81.1 Å². The standard InChI is InChI=1S/C14H24N2O3.C11H16N2O4.C4H10/c1-13(2,3)19-12(18)15-6-11(17)16-7-9-10(8-16)14(9,4)5;1-17-10(16)8(12-6-14)4-7-5-11(2-3-11)13-9(7)15;1-4(2)3/h9-10H,6-8H2,1-5H3,(H,15,18);6-8H,2-5H2,1H3,(H,12,14)(H,13,15);4H,1-3H3. The highest BCUT2D eigenvalue weighted by Crippen LogP contribution is 2.61. The lowest BCUT2D eigenvalue weighted by molar-refractivity contribution is -0.144. The average molecular weight is 567 g/mol. The molecule has 2 aliphatic heterocycles. The molecule has 2 heterocycles. The van der Waals surface area contributed by atoms with Gasteiger partial charge in [-0.1, -0.05) is 34.6 Å². The first-order valence-electron chi connectivity index (χ1n) is 14.3. The molecule has 40 heavy (non-hydrogen) atoms. The Morgan fingerprint density at radius 2 is 1.68 bits per heavy atom. The highest BCUT2D eigenvalue weighted by Gasteiger charge is 2.62. The molecule has 0 bridgehead atoms. The maximum atomic E-state index is 11.9. The highest BCUT2D eigenvalue weighted by atomic mass is 16.6. The number of hydrogen-bond donors (Lipinski definition) is 3. The van der Waals surface area contributed by atoms with E-state index in [1.54, 1.807) is 20.8 Å². The Bertz CT molecular complexity index is 922. The Hall–Kier alpha value is -2.85. The molecule has 4 aliphatic rings. The van der Waals surface area contributed by atoms with Gasteiger partial charge in [0.25, 0.3) is 0 Å². The average Bonchev–Trinajstić information content (AvgIpc) is 3.51. The number of nitrogens with zero attached hydrogens (tertiary/aromatic N) is 1. The number of methoxy groups -OCH3 is 1. The summed E-state index contributed by atoms with van der Waals surface area (Å²) in [7, 11) is 1.26. The van der Waals surface area contributed by atoms with Crippen LogP contribution >= 0.6 is 0 Å². The predicted octanol–water partition coefficient (Wildman–Crippen LogP) is 2.62. The first kappa shape index (κ1) is 33.4. The van der Waals surface area contributed by atoms with Gasteiger partial charge < -0.3 is 30.3 Å². The number of ether oxygens (including phenoxy) is 2. The number of rotatable bonds is 7. The van der Waals surface area contributed by atoms with E-state index in [4.69, 9.17) is 4.74 Å². The number of nitrogens with one attached hydrogen (secondary N) is 3. The van der Waals surface area contributed by atoms with Gasteiger partial charge in [0, 0.05) is 24.5 Å². The van der Waals surface area contributed by atoms with Gasteiger partial charge in [-0.25, -0.2) is 9.59 Å². The Labute approximate surface area is 238 Å².